The Balaban J connectivity index is 1.94. The van der Waals surface area contributed by atoms with E-state index in [4.69, 9.17) is 0 Å². The summed E-state index contributed by atoms with van der Waals surface area (Å²) in [7, 11) is -1.89. The number of hydrogen-bond acceptors (Lipinski definition) is 4. The normalized spacial score (nSPS) is 16.3. The Kier molecular flexibility index (Phi) is 5.63. The van der Waals surface area contributed by atoms with Gasteiger partial charge in [0.1, 0.15) is 5.82 Å². The van der Waals surface area contributed by atoms with Crippen LogP contribution in [0.2, 0.25) is 0 Å². The minimum atomic E-state index is -3.64. The molecule has 8 heteroatoms. The zero-order chi connectivity index (χ0) is 20.6. The number of piperidine rings is 1. The van der Waals surface area contributed by atoms with Gasteiger partial charge in [-0.15, -0.1) is 0 Å². The Morgan fingerprint density at radius 1 is 1.14 bits per heavy atom. The molecular formula is C20H28N4O3S. The monoisotopic (exact) mass is 404 g/mol. The zero-order valence-electron chi connectivity index (χ0n) is 17.1. The van der Waals surface area contributed by atoms with Gasteiger partial charge >= 0.3 is 0 Å². The molecular weight excluding hydrogens is 376 g/mol. The van der Waals surface area contributed by atoms with Crippen LogP contribution in [0.15, 0.2) is 23.1 Å². The molecule has 1 saturated heterocycles. The summed E-state index contributed by atoms with van der Waals surface area (Å²) < 4.78 is 29.6. The summed E-state index contributed by atoms with van der Waals surface area (Å²) in [5.41, 5.74) is 2.58. The van der Waals surface area contributed by atoms with Gasteiger partial charge in [0, 0.05) is 31.8 Å². The molecule has 0 bridgehead atoms. The van der Waals surface area contributed by atoms with Crippen LogP contribution < -0.4 is 5.32 Å². The van der Waals surface area contributed by atoms with Crippen molar-refractivity contribution in [3.8, 4) is 0 Å². The molecule has 0 spiro atoms. The van der Waals surface area contributed by atoms with Gasteiger partial charge in [-0.05, 0) is 62.8 Å². The molecule has 0 radical (unpaired) electrons. The summed E-state index contributed by atoms with van der Waals surface area (Å²) in [6.45, 7) is 8.65. The largest absolute Gasteiger partial charge is 0.307 e. The summed E-state index contributed by atoms with van der Waals surface area (Å²) in [5.74, 6) is 0.749. The third kappa shape index (κ3) is 3.98. The number of nitrogens with zero attached hydrogens (tertiary/aromatic N) is 3. The molecule has 0 atom stereocenters. The van der Waals surface area contributed by atoms with Crippen LogP contribution >= 0.6 is 0 Å². The minimum Gasteiger partial charge on any atom is -0.307 e. The van der Waals surface area contributed by atoms with Crippen molar-refractivity contribution in [2.24, 2.45) is 13.0 Å². The van der Waals surface area contributed by atoms with Crippen molar-refractivity contribution < 1.29 is 13.2 Å². The summed E-state index contributed by atoms with van der Waals surface area (Å²) in [4.78, 5) is 13.0. The summed E-state index contributed by atoms with van der Waals surface area (Å²) >= 11 is 0. The zero-order valence-corrected chi connectivity index (χ0v) is 17.9. The van der Waals surface area contributed by atoms with Crippen LogP contribution in [0.4, 0.5) is 5.82 Å². The molecule has 152 valence electrons. The van der Waals surface area contributed by atoms with Gasteiger partial charge in [-0.1, -0.05) is 6.92 Å². The highest BCUT2D eigenvalue weighted by molar-refractivity contribution is 7.89. The maximum Gasteiger partial charge on any atom is 0.256 e. The number of amides is 1. The third-order valence-corrected chi connectivity index (χ3v) is 7.51. The van der Waals surface area contributed by atoms with E-state index in [-0.39, 0.29) is 10.8 Å². The number of benzene rings is 1. The molecule has 1 aliphatic rings. The first-order chi connectivity index (χ1) is 13.1. The summed E-state index contributed by atoms with van der Waals surface area (Å²) in [5, 5.41) is 7.02. The number of anilines is 1. The molecule has 1 aromatic heterocycles. The molecule has 0 saturated carbocycles. The van der Waals surface area contributed by atoms with Crippen LogP contribution in [0.5, 0.6) is 0 Å². The maximum atomic E-state index is 13.2. The van der Waals surface area contributed by atoms with Gasteiger partial charge in [0.15, 0.2) is 0 Å². The third-order valence-electron chi connectivity index (χ3n) is 5.49. The molecule has 28 heavy (non-hydrogen) atoms. The number of aromatic nitrogens is 2. The number of carbonyl (C=O) groups excluding carboxylic acids is 1. The van der Waals surface area contributed by atoms with E-state index in [2.05, 4.69) is 17.3 Å². The smallest absolute Gasteiger partial charge is 0.256 e. The molecule has 0 unspecified atom stereocenters. The van der Waals surface area contributed by atoms with E-state index in [1.54, 1.807) is 35.1 Å². The second-order valence-electron chi connectivity index (χ2n) is 7.75. The van der Waals surface area contributed by atoms with Crippen molar-refractivity contribution in [3.63, 3.8) is 0 Å². The standard InChI is InChI=1S/C20H28N4O3S/c1-13-6-8-24(9-7-13)28(26,27)18-12-17(10-14(2)16(18)4)20(25)21-19-11-15(3)22-23(19)5/h10-13H,6-9H2,1-5H3,(H,21,25). The highest BCUT2D eigenvalue weighted by atomic mass is 32.2. The lowest BCUT2D eigenvalue weighted by Crippen LogP contribution is -2.38. The minimum absolute atomic E-state index is 0.216. The Labute approximate surface area is 166 Å². The Bertz CT molecular complexity index is 1000. The van der Waals surface area contributed by atoms with Crippen molar-refractivity contribution in [1.82, 2.24) is 14.1 Å². The van der Waals surface area contributed by atoms with Gasteiger partial charge in [-0.25, -0.2) is 8.42 Å². The van der Waals surface area contributed by atoms with Gasteiger partial charge in [0.2, 0.25) is 10.0 Å². The second-order valence-corrected chi connectivity index (χ2v) is 9.66. The molecule has 1 amide bonds. The maximum absolute atomic E-state index is 13.2. The quantitative estimate of drug-likeness (QED) is 0.849. The van der Waals surface area contributed by atoms with Gasteiger partial charge in [-0.3, -0.25) is 9.48 Å². The van der Waals surface area contributed by atoms with E-state index in [0.29, 0.717) is 36.0 Å². The SMILES string of the molecule is Cc1cc(NC(=O)c2cc(C)c(C)c(S(=O)(=O)N3CCC(C)CC3)c2)n(C)n1. The van der Waals surface area contributed by atoms with E-state index >= 15 is 0 Å². The molecule has 1 aromatic carbocycles. The summed E-state index contributed by atoms with van der Waals surface area (Å²) in [6, 6.07) is 4.99. The van der Waals surface area contributed by atoms with Crippen molar-refractivity contribution in [2.45, 2.75) is 45.4 Å². The Morgan fingerprint density at radius 3 is 2.36 bits per heavy atom. The van der Waals surface area contributed by atoms with Crippen LogP contribution in [0.1, 0.15) is 46.9 Å². The molecule has 2 aromatic rings. The topological polar surface area (TPSA) is 84.3 Å². The van der Waals surface area contributed by atoms with Crippen molar-refractivity contribution in [3.05, 3.63) is 40.6 Å². The number of carbonyl (C=O) groups is 1. The van der Waals surface area contributed by atoms with E-state index in [1.807, 2.05) is 13.8 Å². The van der Waals surface area contributed by atoms with Gasteiger partial charge in [0.05, 0.1) is 10.6 Å². The van der Waals surface area contributed by atoms with Crippen molar-refractivity contribution in [2.75, 3.05) is 18.4 Å². The van der Waals surface area contributed by atoms with Crippen molar-refractivity contribution >= 4 is 21.7 Å². The molecule has 1 aliphatic heterocycles. The Morgan fingerprint density at radius 2 is 1.79 bits per heavy atom. The van der Waals surface area contributed by atoms with Crippen LogP contribution in [-0.4, -0.2) is 41.5 Å². The van der Waals surface area contributed by atoms with E-state index in [9.17, 15) is 13.2 Å². The number of hydrogen-bond donors (Lipinski definition) is 1. The summed E-state index contributed by atoms with van der Waals surface area (Å²) in [6.07, 6.45) is 1.72. The number of aryl methyl sites for hydroxylation is 3. The van der Waals surface area contributed by atoms with Crippen LogP contribution in [0.25, 0.3) is 0 Å². The highest BCUT2D eigenvalue weighted by Crippen LogP contribution is 2.28. The van der Waals surface area contributed by atoms with Crippen LogP contribution in [0, 0.1) is 26.7 Å². The predicted octanol–water partition coefficient (Wildman–Crippen LogP) is 3.02. The van der Waals surface area contributed by atoms with E-state index in [1.165, 1.54) is 6.07 Å². The fourth-order valence-electron chi connectivity index (χ4n) is 3.51. The number of sulfonamides is 1. The lowest BCUT2D eigenvalue weighted by molar-refractivity contribution is 0.102. The average Bonchev–Trinajstić information content (AvgIpc) is 2.94. The van der Waals surface area contributed by atoms with E-state index < -0.39 is 10.0 Å². The molecule has 0 aliphatic carbocycles. The first-order valence-corrected chi connectivity index (χ1v) is 11.0. The lowest BCUT2D eigenvalue weighted by atomic mass is 10.0. The second kappa shape index (κ2) is 7.67. The van der Waals surface area contributed by atoms with Crippen LogP contribution in [-0.2, 0) is 17.1 Å². The Hall–Kier alpha value is -2.19. The lowest BCUT2D eigenvalue weighted by Gasteiger charge is -2.30. The molecule has 3 rings (SSSR count). The first-order valence-electron chi connectivity index (χ1n) is 9.53. The van der Waals surface area contributed by atoms with Crippen molar-refractivity contribution in [1.29, 1.82) is 0 Å². The predicted molar refractivity (Wildman–Crippen MR) is 109 cm³/mol. The van der Waals surface area contributed by atoms with Gasteiger partial charge in [0.25, 0.3) is 5.91 Å². The van der Waals surface area contributed by atoms with Crippen LogP contribution in [0.3, 0.4) is 0 Å². The fourth-order valence-corrected chi connectivity index (χ4v) is 5.30. The molecule has 2 heterocycles. The fraction of sp³-hybridized carbons (Fsp3) is 0.500. The van der Waals surface area contributed by atoms with Gasteiger partial charge in [-0.2, -0.15) is 9.40 Å². The number of nitrogens with one attached hydrogen (secondary N) is 1. The van der Waals surface area contributed by atoms with E-state index in [0.717, 1.165) is 24.1 Å². The van der Waals surface area contributed by atoms with Gasteiger partial charge < -0.3 is 5.32 Å². The highest BCUT2D eigenvalue weighted by Gasteiger charge is 2.30. The molecule has 1 N–H and O–H groups in total. The first kappa shape index (κ1) is 20.5. The average molecular weight is 405 g/mol. The number of rotatable bonds is 4. The molecule has 1 fully saturated rings. The molecule has 7 nitrogen and oxygen atoms in total.